The largest absolute Gasteiger partial charge is 0.0870 e. The van der Waals surface area contributed by atoms with Crippen molar-refractivity contribution in [3.8, 4) is 0 Å². The second kappa shape index (κ2) is 7.26. The quantitative estimate of drug-likeness (QED) is 0.560. The number of rotatable bonds is 4. The molecule has 2 rings (SSSR count). The van der Waals surface area contributed by atoms with Gasteiger partial charge in [0.15, 0.2) is 0 Å². The molecule has 0 aliphatic heterocycles. The van der Waals surface area contributed by atoms with E-state index < -0.39 is 0 Å². The molecule has 0 N–H and O–H groups in total. The summed E-state index contributed by atoms with van der Waals surface area (Å²) in [5, 5.41) is 0. The van der Waals surface area contributed by atoms with Gasteiger partial charge in [-0.2, -0.15) is 0 Å². The van der Waals surface area contributed by atoms with Crippen molar-refractivity contribution in [3.63, 3.8) is 0 Å². The molecule has 0 saturated carbocycles. The predicted molar refractivity (Wildman–Crippen MR) is 94.2 cm³/mol. The van der Waals surface area contributed by atoms with Gasteiger partial charge in [-0.1, -0.05) is 55.5 Å². The van der Waals surface area contributed by atoms with Gasteiger partial charge < -0.3 is 0 Å². The van der Waals surface area contributed by atoms with Crippen molar-refractivity contribution in [2.75, 3.05) is 0 Å². The van der Waals surface area contributed by atoms with Crippen molar-refractivity contribution < 1.29 is 0 Å². The second-order valence-corrected chi connectivity index (χ2v) is 5.41. The lowest BCUT2D eigenvalue weighted by molar-refractivity contribution is 0.938. The van der Waals surface area contributed by atoms with Crippen LogP contribution in [0.4, 0.5) is 0 Å². The van der Waals surface area contributed by atoms with Gasteiger partial charge in [0.05, 0.1) is 0 Å². The summed E-state index contributed by atoms with van der Waals surface area (Å²) in [5.74, 6) is 0. The Morgan fingerprint density at radius 2 is 1.52 bits per heavy atom. The number of fused-ring (bicyclic) bond motifs is 1. The van der Waals surface area contributed by atoms with E-state index >= 15 is 0 Å². The van der Waals surface area contributed by atoms with E-state index in [4.69, 9.17) is 0 Å². The average molecular weight is 278 g/mol. The maximum atomic E-state index is 2.41. The van der Waals surface area contributed by atoms with Gasteiger partial charge >= 0.3 is 0 Å². The Bertz CT molecular complexity index is 610. The molecule has 0 atom stereocenters. The SMILES string of the molecule is C/C=C\C1=C(/C=C\C)C(/C=C\C)=C2C1=CCC/C2=C/CC. The van der Waals surface area contributed by atoms with Crippen molar-refractivity contribution in [2.45, 2.75) is 47.0 Å². The third kappa shape index (κ3) is 2.95. The summed E-state index contributed by atoms with van der Waals surface area (Å²) < 4.78 is 0. The van der Waals surface area contributed by atoms with Crippen molar-refractivity contribution in [1.82, 2.24) is 0 Å². The summed E-state index contributed by atoms with van der Waals surface area (Å²) in [5.41, 5.74) is 8.53. The Morgan fingerprint density at radius 3 is 2.14 bits per heavy atom. The van der Waals surface area contributed by atoms with Crippen LogP contribution in [-0.2, 0) is 0 Å². The lowest BCUT2D eigenvalue weighted by Gasteiger charge is -2.18. The summed E-state index contributed by atoms with van der Waals surface area (Å²) in [6.07, 6.45) is 21.5. The Labute approximate surface area is 129 Å². The molecule has 0 aromatic heterocycles. The van der Waals surface area contributed by atoms with Crippen LogP contribution in [0.15, 0.2) is 82.0 Å². The van der Waals surface area contributed by atoms with Crippen LogP contribution < -0.4 is 0 Å². The first-order chi connectivity index (χ1) is 10.3. The summed E-state index contributed by atoms with van der Waals surface area (Å²) >= 11 is 0. The first kappa shape index (κ1) is 15.6. The standard InChI is InChI=1S/C21H26/c1-5-10-16-14-9-15-20-18(12-7-3)17(11-6-2)19(13-8-4)21(16)20/h6-8,10-13,15H,5,9,14H2,1-4H3/b11-6-,12-7-,13-8-,16-10-. The fourth-order valence-corrected chi connectivity index (χ4v) is 3.24. The molecule has 0 aromatic carbocycles. The Kier molecular flexibility index (Phi) is 5.38. The Balaban J connectivity index is 2.72. The topological polar surface area (TPSA) is 0 Å². The van der Waals surface area contributed by atoms with Gasteiger partial charge in [0, 0.05) is 0 Å². The predicted octanol–water partition coefficient (Wildman–Crippen LogP) is 6.38. The van der Waals surface area contributed by atoms with Crippen LogP contribution in [0, 0.1) is 0 Å². The van der Waals surface area contributed by atoms with Gasteiger partial charge in [-0.3, -0.25) is 0 Å². The molecule has 0 heterocycles. The van der Waals surface area contributed by atoms with Crippen LogP contribution in [0.2, 0.25) is 0 Å². The zero-order valence-corrected chi connectivity index (χ0v) is 13.7. The minimum Gasteiger partial charge on any atom is -0.0870 e. The maximum absolute atomic E-state index is 2.41. The second-order valence-electron chi connectivity index (χ2n) is 5.41. The molecule has 0 amide bonds. The molecule has 0 heteroatoms. The summed E-state index contributed by atoms with van der Waals surface area (Å²) in [7, 11) is 0. The smallest absolute Gasteiger partial charge is 0.00732 e. The van der Waals surface area contributed by atoms with Crippen molar-refractivity contribution in [1.29, 1.82) is 0 Å². The van der Waals surface area contributed by atoms with Crippen LogP contribution in [0.5, 0.6) is 0 Å². The highest BCUT2D eigenvalue weighted by Gasteiger charge is 2.28. The van der Waals surface area contributed by atoms with Crippen LogP contribution >= 0.6 is 0 Å². The minimum absolute atomic E-state index is 1.10. The third-order valence-electron chi connectivity index (χ3n) is 3.94. The van der Waals surface area contributed by atoms with Crippen LogP contribution in [-0.4, -0.2) is 0 Å². The van der Waals surface area contributed by atoms with E-state index in [0.29, 0.717) is 0 Å². The van der Waals surface area contributed by atoms with Gasteiger partial charge in [0.25, 0.3) is 0 Å². The van der Waals surface area contributed by atoms with Crippen LogP contribution in [0.3, 0.4) is 0 Å². The van der Waals surface area contributed by atoms with E-state index in [2.05, 4.69) is 76.3 Å². The van der Waals surface area contributed by atoms with Crippen LogP contribution in [0.25, 0.3) is 0 Å². The molecule has 0 saturated heterocycles. The molecule has 0 bridgehead atoms. The van der Waals surface area contributed by atoms with Gasteiger partial charge in [0.1, 0.15) is 0 Å². The summed E-state index contributed by atoms with van der Waals surface area (Å²) in [4.78, 5) is 0. The van der Waals surface area contributed by atoms with Crippen molar-refractivity contribution in [3.05, 3.63) is 82.0 Å². The highest BCUT2D eigenvalue weighted by Crippen LogP contribution is 2.46. The molecule has 0 unspecified atom stereocenters. The van der Waals surface area contributed by atoms with E-state index in [1.165, 1.54) is 39.9 Å². The highest BCUT2D eigenvalue weighted by molar-refractivity contribution is 5.77. The third-order valence-corrected chi connectivity index (χ3v) is 3.94. The number of allylic oxidation sites excluding steroid dienone is 14. The van der Waals surface area contributed by atoms with E-state index in [1.807, 2.05) is 0 Å². The maximum Gasteiger partial charge on any atom is -0.00732 e. The zero-order valence-electron chi connectivity index (χ0n) is 13.7. The monoisotopic (exact) mass is 278 g/mol. The zero-order chi connectivity index (χ0) is 15.2. The van der Waals surface area contributed by atoms with Gasteiger partial charge in [0.2, 0.25) is 0 Å². The molecule has 0 radical (unpaired) electrons. The summed E-state index contributed by atoms with van der Waals surface area (Å²) in [6.45, 7) is 8.52. The molecule has 21 heavy (non-hydrogen) atoms. The molecule has 110 valence electrons. The van der Waals surface area contributed by atoms with Crippen LogP contribution in [0.1, 0.15) is 47.0 Å². The van der Waals surface area contributed by atoms with Gasteiger partial charge in [-0.15, -0.1) is 0 Å². The molecule has 0 aromatic rings. The Morgan fingerprint density at radius 1 is 0.905 bits per heavy atom. The summed E-state index contributed by atoms with van der Waals surface area (Å²) in [6, 6.07) is 0. The molecular weight excluding hydrogens is 252 g/mol. The molecular formula is C21H26. The molecule has 2 aliphatic carbocycles. The number of hydrogen-bond acceptors (Lipinski definition) is 0. The highest BCUT2D eigenvalue weighted by atomic mass is 14.3. The van der Waals surface area contributed by atoms with Crippen molar-refractivity contribution >= 4 is 0 Å². The fraction of sp³-hybridized carbons (Fsp3) is 0.333. The van der Waals surface area contributed by atoms with E-state index in [0.717, 1.165) is 12.8 Å². The molecule has 2 aliphatic rings. The average Bonchev–Trinajstić information content (AvgIpc) is 2.77. The first-order valence-electron chi connectivity index (χ1n) is 8.05. The lowest BCUT2D eigenvalue weighted by atomic mass is 9.86. The fourth-order valence-electron chi connectivity index (χ4n) is 3.24. The van der Waals surface area contributed by atoms with E-state index in [1.54, 1.807) is 0 Å². The normalized spacial score (nSPS) is 21.5. The van der Waals surface area contributed by atoms with E-state index in [-0.39, 0.29) is 0 Å². The van der Waals surface area contributed by atoms with Crippen molar-refractivity contribution in [2.24, 2.45) is 0 Å². The first-order valence-corrected chi connectivity index (χ1v) is 8.05. The number of hydrogen-bond donors (Lipinski definition) is 0. The molecule has 0 spiro atoms. The van der Waals surface area contributed by atoms with Gasteiger partial charge in [-0.25, -0.2) is 0 Å². The van der Waals surface area contributed by atoms with E-state index in [9.17, 15) is 0 Å². The Hall–Kier alpha value is -1.82. The molecule has 0 fully saturated rings. The van der Waals surface area contributed by atoms with Gasteiger partial charge in [-0.05, 0) is 73.5 Å². The lowest BCUT2D eigenvalue weighted by Crippen LogP contribution is -2.00. The molecule has 0 nitrogen and oxygen atoms in total. The minimum atomic E-state index is 1.10.